The molecule has 1 fully saturated rings. The third-order valence-corrected chi connectivity index (χ3v) is 8.00. The zero-order valence-corrected chi connectivity index (χ0v) is 21.9. The highest BCUT2D eigenvalue weighted by Gasteiger charge is 2.25. The Bertz CT molecular complexity index is 1560. The molecule has 0 aliphatic carbocycles. The van der Waals surface area contributed by atoms with Gasteiger partial charge >= 0.3 is 5.97 Å². The fourth-order valence-electron chi connectivity index (χ4n) is 4.52. The molecule has 0 bridgehead atoms. The number of nitriles is 1. The van der Waals surface area contributed by atoms with E-state index in [-0.39, 0.29) is 28.4 Å². The number of sulfonamides is 1. The summed E-state index contributed by atoms with van der Waals surface area (Å²) in [4.78, 5) is 38.9. The maximum absolute atomic E-state index is 12.9. The molecule has 0 spiro atoms. The lowest BCUT2D eigenvalue weighted by molar-refractivity contribution is -0.141. The number of carbonyl (C=O) groups is 3. The summed E-state index contributed by atoms with van der Waals surface area (Å²) in [6, 6.07) is 16.9. The van der Waals surface area contributed by atoms with Gasteiger partial charge in [0.2, 0.25) is 15.9 Å². The van der Waals surface area contributed by atoms with Crippen LogP contribution in [0.1, 0.15) is 40.7 Å². The molecule has 1 saturated heterocycles. The highest BCUT2D eigenvalue weighted by Crippen LogP contribution is 2.20. The van der Waals surface area contributed by atoms with Gasteiger partial charge < -0.3 is 15.3 Å². The summed E-state index contributed by atoms with van der Waals surface area (Å²) in [5.41, 5.74) is 0.815. The number of carbonyl (C=O) groups excluding carboxylic acids is 2. The highest BCUT2D eigenvalue weighted by molar-refractivity contribution is 7.89. The summed E-state index contributed by atoms with van der Waals surface area (Å²) in [5.74, 6) is -2.39. The molecule has 1 aliphatic heterocycles. The summed E-state index contributed by atoms with van der Waals surface area (Å²) >= 11 is 0. The van der Waals surface area contributed by atoms with E-state index in [1.54, 1.807) is 29.2 Å². The number of aliphatic carboxylic acids is 1. The number of nitrogens with zero attached hydrogens (tertiary/aromatic N) is 2. The molecule has 0 radical (unpaired) electrons. The number of hydrogen-bond acceptors (Lipinski definition) is 6. The van der Waals surface area contributed by atoms with Gasteiger partial charge in [-0.2, -0.15) is 5.26 Å². The fourth-order valence-corrected chi connectivity index (χ4v) is 5.54. The normalized spacial score (nSPS) is 14.4. The minimum absolute atomic E-state index is 0.0213. The Labute approximate surface area is 226 Å². The smallest absolute Gasteiger partial charge is 0.326 e. The van der Waals surface area contributed by atoms with E-state index < -0.39 is 34.5 Å². The number of rotatable bonds is 9. The van der Waals surface area contributed by atoms with Gasteiger partial charge in [0.05, 0.1) is 28.6 Å². The molecule has 0 unspecified atom stereocenters. The number of nitrogens with one attached hydrogen (secondary N) is 2. The second-order valence-electron chi connectivity index (χ2n) is 9.34. The maximum atomic E-state index is 12.9. The molecule has 39 heavy (non-hydrogen) atoms. The lowest BCUT2D eigenvalue weighted by Crippen LogP contribution is -2.46. The van der Waals surface area contributed by atoms with E-state index in [0.29, 0.717) is 18.7 Å². The summed E-state index contributed by atoms with van der Waals surface area (Å²) in [7, 11) is -4.02. The first-order valence-corrected chi connectivity index (χ1v) is 14.0. The molecule has 10 nitrogen and oxygen atoms in total. The molecule has 202 valence electrons. The summed E-state index contributed by atoms with van der Waals surface area (Å²) < 4.78 is 27.6. The molecule has 1 aliphatic rings. The molecule has 11 heteroatoms. The Morgan fingerprint density at radius 2 is 1.69 bits per heavy atom. The Hall–Kier alpha value is -4.27. The lowest BCUT2D eigenvalue weighted by atomic mass is 9.98. The van der Waals surface area contributed by atoms with Gasteiger partial charge in [0, 0.05) is 19.5 Å². The van der Waals surface area contributed by atoms with Crippen molar-refractivity contribution >= 4 is 38.6 Å². The quantitative estimate of drug-likeness (QED) is 0.371. The Morgan fingerprint density at radius 1 is 0.974 bits per heavy atom. The van der Waals surface area contributed by atoms with Crippen LogP contribution in [0.2, 0.25) is 0 Å². The van der Waals surface area contributed by atoms with Crippen molar-refractivity contribution in [3.8, 4) is 6.07 Å². The third-order valence-electron chi connectivity index (χ3n) is 6.61. The third kappa shape index (κ3) is 6.79. The average Bonchev–Trinajstić information content (AvgIpc) is 2.95. The van der Waals surface area contributed by atoms with Crippen molar-refractivity contribution < 1.29 is 27.9 Å². The van der Waals surface area contributed by atoms with Crippen LogP contribution in [0, 0.1) is 11.3 Å². The van der Waals surface area contributed by atoms with E-state index in [4.69, 9.17) is 0 Å². The van der Waals surface area contributed by atoms with Crippen molar-refractivity contribution in [2.24, 2.45) is 0 Å². The monoisotopic (exact) mass is 548 g/mol. The van der Waals surface area contributed by atoms with Gasteiger partial charge in [-0.15, -0.1) is 0 Å². The van der Waals surface area contributed by atoms with E-state index in [1.807, 2.05) is 18.2 Å². The van der Waals surface area contributed by atoms with Crippen LogP contribution in [0.4, 0.5) is 0 Å². The van der Waals surface area contributed by atoms with Gasteiger partial charge in [-0.25, -0.2) is 17.9 Å². The molecular formula is C28H28N4O6S. The number of hydrogen-bond donors (Lipinski definition) is 3. The first-order chi connectivity index (χ1) is 18.7. The van der Waals surface area contributed by atoms with E-state index >= 15 is 0 Å². The number of fused-ring (bicyclic) bond motifs is 1. The molecule has 0 aromatic heterocycles. The predicted molar refractivity (Wildman–Crippen MR) is 143 cm³/mol. The SMILES string of the molecule is N#Cc1cc(C[C@H](NC(=O)CNS(=O)(=O)c2ccc3ccccc3c2)C(=O)O)ccc1C(=O)N1CCCCC1. The molecule has 1 atom stereocenters. The Kier molecular flexibility index (Phi) is 8.59. The van der Waals surface area contributed by atoms with Crippen molar-refractivity contribution in [1.29, 1.82) is 5.26 Å². The molecule has 2 amide bonds. The van der Waals surface area contributed by atoms with Crippen LogP contribution >= 0.6 is 0 Å². The van der Waals surface area contributed by atoms with Crippen molar-refractivity contribution in [1.82, 2.24) is 14.9 Å². The van der Waals surface area contributed by atoms with Crippen LogP contribution < -0.4 is 10.0 Å². The van der Waals surface area contributed by atoms with Gasteiger partial charge in [0.1, 0.15) is 6.04 Å². The van der Waals surface area contributed by atoms with E-state index in [0.717, 1.165) is 30.0 Å². The first kappa shape index (κ1) is 27.8. The van der Waals surface area contributed by atoms with Gasteiger partial charge in [-0.3, -0.25) is 9.59 Å². The molecule has 3 aromatic carbocycles. The van der Waals surface area contributed by atoms with Gasteiger partial charge in [0.25, 0.3) is 5.91 Å². The number of piperidine rings is 1. The summed E-state index contributed by atoms with van der Waals surface area (Å²) in [5, 5.41) is 23.2. The minimum atomic E-state index is -4.02. The van der Waals surface area contributed by atoms with Crippen molar-refractivity contribution in [2.45, 2.75) is 36.6 Å². The van der Waals surface area contributed by atoms with Crippen LogP contribution in [0.15, 0.2) is 65.6 Å². The number of amides is 2. The summed E-state index contributed by atoms with van der Waals surface area (Å²) in [6.45, 7) is 0.595. The summed E-state index contributed by atoms with van der Waals surface area (Å²) in [6.07, 6.45) is 2.71. The molecule has 0 saturated carbocycles. The van der Waals surface area contributed by atoms with Crippen LogP contribution in [-0.2, 0) is 26.0 Å². The van der Waals surface area contributed by atoms with E-state index in [1.165, 1.54) is 24.3 Å². The van der Waals surface area contributed by atoms with E-state index in [9.17, 15) is 33.2 Å². The molecule has 3 N–H and O–H groups in total. The topological polar surface area (TPSA) is 157 Å². The number of likely N-dealkylation sites (tertiary alicyclic amines) is 1. The number of benzene rings is 3. The standard InChI is InChI=1S/C28H28N4O6S/c29-17-22-14-19(8-11-24(22)27(34)32-12-4-1-5-13-32)15-25(28(35)36)31-26(33)18-30-39(37,38)23-10-9-20-6-2-3-7-21(20)16-23/h2-3,6-11,14,16,25,30H,1,4-5,12-13,15,18H2,(H,31,33)(H,35,36)/t25-/m0/s1. The number of carboxylic acids is 1. The number of carboxylic acid groups (broad SMARTS) is 1. The largest absolute Gasteiger partial charge is 0.480 e. The van der Waals surface area contributed by atoms with Crippen LogP contribution in [-0.4, -0.2) is 61.9 Å². The first-order valence-electron chi connectivity index (χ1n) is 12.5. The van der Waals surface area contributed by atoms with E-state index in [2.05, 4.69) is 10.0 Å². The van der Waals surface area contributed by atoms with Gasteiger partial charge in [-0.1, -0.05) is 36.4 Å². The highest BCUT2D eigenvalue weighted by atomic mass is 32.2. The molecule has 4 rings (SSSR count). The van der Waals surface area contributed by atoms with Crippen molar-refractivity contribution in [3.63, 3.8) is 0 Å². The maximum Gasteiger partial charge on any atom is 0.326 e. The average molecular weight is 549 g/mol. The van der Waals surface area contributed by atoms with Crippen LogP contribution in [0.25, 0.3) is 10.8 Å². The molecular weight excluding hydrogens is 520 g/mol. The van der Waals surface area contributed by atoms with Gasteiger partial charge in [0.15, 0.2) is 0 Å². The van der Waals surface area contributed by atoms with Gasteiger partial charge in [-0.05, 0) is 59.9 Å². The zero-order valence-electron chi connectivity index (χ0n) is 21.1. The van der Waals surface area contributed by atoms with Crippen LogP contribution in [0.3, 0.4) is 0 Å². The molecule has 1 heterocycles. The van der Waals surface area contributed by atoms with Crippen molar-refractivity contribution in [2.75, 3.05) is 19.6 Å². The minimum Gasteiger partial charge on any atom is -0.480 e. The fraction of sp³-hybridized carbons (Fsp3) is 0.286. The van der Waals surface area contributed by atoms with Crippen LogP contribution in [0.5, 0.6) is 0 Å². The van der Waals surface area contributed by atoms with Crippen molar-refractivity contribution in [3.05, 3.63) is 77.4 Å². The predicted octanol–water partition coefficient (Wildman–Crippen LogP) is 2.43. The zero-order chi connectivity index (χ0) is 28.0. The lowest BCUT2D eigenvalue weighted by Gasteiger charge is -2.27. The second-order valence-corrected chi connectivity index (χ2v) is 11.1. The Balaban J connectivity index is 1.40. The Morgan fingerprint density at radius 3 is 2.38 bits per heavy atom. The second kappa shape index (κ2) is 12.1. The molecule has 3 aromatic rings.